The summed E-state index contributed by atoms with van der Waals surface area (Å²) in [6, 6.07) is 59.2. The van der Waals surface area contributed by atoms with Crippen molar-refractivity contribution in [2.24, 2.45) is 0 Å². The molecule has 0 bridgehead atoms. The first-order chi connectivity index (χ1) is 25.5. The standard InChI is InChI=1S/C48H33NO2Si/c1-52(2)45-26-25-43-47(39-17-6-8-20-42(39)50-43)48(45)40-24-22-34(29-46(40)52)49(33-21-23-38-37-16-5-7-19-41(37)51-44(38)28-33)32-14-9-13-31(27-32)36-18-10-12-30-11-3-4-15-35(30)36/h3-29H,1-2H3. The molecular formula is C48H33NO2Si. The molecule has 2 aromatic heterocycles. The fourth-order valence-corrected chi connectivity index (χ4v) is 11.8. The monoisotopic (exact) mass is 683 g/mol. The number of hydrogen-bond donors (Lipinski definition) is 0. The summed E-state index contributed by atoms with van der Waals surface area (Å²) >= 11 is 0. The van der Waals surface area contributed by atoms with Crippen LogP contribution in [0, 0.1) is 0 Å². The van der Waals surface area contributed by atoms with E-state index in [1.54, 1.807) is 0 Å². The predicted molar refractivity (Wildman–Crippen MR) is 221 cm³/mol. The molecule has 0 radical (unpaired) electrons. The summed E-state index contributed by atoms with van der Waals surface area (Å²) in [6.45, 7) is 4.98. The minimum Gasteiger partial charge on any atom is -0.456 e. The van der Waals surface area contributed by atoms with Gasteiger partial charge in [-0.1, -0.05) is 116 Å². The molecule has 1 aliphatic heterocycles. The lowest BCUT2D eigenvalue weighted by Gasteiger charge is -2.28. The smallest absolute Gasteiger partial charge is 0.137 e. The minimum atomic E-state index is -2.09. The SMILES string of the molecule is C[Si]1(C)c2cc(N(c3cccc(-c4cccc5ccccc45)c3)c3ccc4c(c3)oc3ccccc34)ccc2-c2c1ccc1oc3ccccc3c21. The summed E-state index contributed by atoms with van der Waals surface area (Å²) in [5, 5.41) is 10.1. The number of furan rings is 2. The molecule has 0 fully saturated rings. The normalized spacial score (nSPS) is 13.3. The van der Waals surface area contributed by atoms with Crippen molar-refractivity contribution in [1.29, 1.82) is 0 Å². The number of nitrogens with zero attached hydrogens (tertiary/aromatic N) is 1. The van der Waals surface area contributed by atoms with E-state index in [0.717, 1.165) is 50.2 Å². The zero-order valence-electron chi connectivity index (χ0n) is 28.9. The number of anilines is 3. The van der Waals surface area contributed by atoms with Gasteiger partial charge in [0.2, 0.25) is 0 Å². The summed E-state index contributed by atoms with van der Waals surface area (Å²) in [4.78, 5) is 2.40. The quantitative estimate of drug-likeness (QED) is 0.173. The molecule has 0 unspecified atom stereocenters. The number of fused-ring (bicyclic) bond motifs is 11. The highest BCUT2D eigenvalue weighted by atomic mass is 28.3. The second kappa shape index (κ2) is 10.8. The zero-order valence-corrected chi connectivity index (χ0v) is 29.9. The summed E-state index contributed by atoms with van der Waals surface area (Å²) < 4.78 is 12.8. The van der Waals surface area contributed by atoms with E-state index < -0.39 is 8.07 Å². The Balaban J connectivity index is 1.13. The second-order valence-electron chi connectivity index (χ2n) is 14.5. The van der Waals surface area contributed by atoms with Crippen molar-refractivity contribution in [3.63, 3.8) is 0 Å². The molecule has 11 rings (SSSR count). The maximum atomic E-state index is 6.45. The molecule has 3 nitrogen and oxygen atoms in total. The van der Waals surface area contributed by atoms with Gasteiger partial charge in [0.25, 0.3) is 0 Å². The van der Waals surface area contributed by atoms with Crippen LogP contribution >= 0.6 is 0 Å². The van der Waals surface area contributed by atoms with Crippen molar-refractivity contribution in [3.8, 4) is 22.3 Å². The van der Waals surface area contributed by atoms with Crippen LogP contribution in [-0.4, -0.2) is 8.07 Å². The summed E-state index contributed by atoms with van der Waals surface area (Å²) in [5.74, 6) is 0. The lowest BCUT2D eigenvalue weighted by atomic mass is 9.97. The Labute approximate surface area is 302 Å². The maximum Gasteiger partial charge on any atom is 0.137 e. The van der Waals surface area contributed by atoms with E-state index in [1.807, 2.05) is 12.1 Å². The third-order valence-electron chi connectivity index (χ3n) is 11.2. The first kappa shape index (κ1) is 29.4. The number of hydrogen-bond acceptors (Lipinski definition) is 3. The summed E-state index contributed by atoms with van der Waals surface area (Å²) in [7, 11) is -2.09. The summed E-state index contributed by atoms with van der Waals surface area (Å²) in [6.07, 6.45) is 0. The molecule has 0 spiro atoms. The fraction of sp³-hybridized carbons (Fsp3) is 0.0417. The average Bonchev–Trinajstić information content (AvgIpc) is 3.82. The molecule has 246 valence electrons. The molecule has 1 aliphatic rings. The highest BCUT2D eigenvalue weighted by Gasteiger charge is 2.39. The molecule has 10 aromatic rings. The van der Waals surface area contributed by atoms with Gasteiger partial charge in [0.1, 0.15) is 30.4 Å². The van der Waals surface area contributed by atoms with Gasteiger partial charge in [0, 0.05) is 44.7 Å². The Kier molecular flexibility index (Phi) is 6.11. The summed E-state index contributed by atoms with van der Waals surface area (Å²) in [5.41, 5.74) is 12.0. The van der Waals surface area contributed by atoms with Crippen LogP contribution in [0.2, 0.25) is 13.1 Å². The van der Waals surface area contributed by atoms with Crippen LogP contribution < -0.4 is 15.3 Å². The van der Waals surface area contributed by atoms with Gasteiger partial charge in [-0.05, 0) is 98.0 Å². The molecule has 0 atom stereocenters. The highest BCUT2D eigenvalue weighted by Crippen LogP contribution is 2.44. The molecule has 0 saturated heterocycles. The van der Waals surface area contributed by atoms with Crippen molar-refractivity contribution in [1.82, 2.24) is 0 Å². The van der Waals surface area contributed by atoms with Crippen LogP contribution in [-0.2, 0) is 0 Å². The van der Waals surface area contributed by atoms with Crippen LogP contribution in [0.15, 0.2) is 173 Å². The Morgan fingerprint density at radius 3 is 1.96 bits per heavy atom. The van der Waals surface area contributed by atoms with Gasteiger partial charge in [-0.2, -0.15) is 0 Å². The van der Waals surface area contributed by atoms with E-state index in [1.165, 1.54) is 54.2 Å². The Hall–Kier alpha value is -6.36. The van der Waals surface area contributed by atoms with E-state index in [9.17, 15) is 0 Å². The number of rotatable bonds is 4. The third-order valence-corrected chi connectivity index (χ3v) is 14.8. The zero-order chi connectivity index (χ0) is 34.6. The van der Waals surface area contributed by atoms with Crippen molar-refractivity contribution in [3.05, 3.63) is 164 Å². The first-order valence-electron chi connectivity index (χ1n) is 17.9. The molecule has 4 heteroatoms. The van der Waals surface area contributed by atoms with Crippen LogP contribution in [0.3, 0.4) is 0 Å². The molecule has 0 aliphatic carbocycles. The van der Waals surface area contributed by atoms with Gasteiger partial charge in [0.05, 0.1) is 0 Å². The number of para-hydroxylation sites is 2. The molecule has 0 N–H and O–H groups in total. The van der Waals surface area contributed by atoms with Gasteiger partial charge in [-0.15, -0.1) is 0 Å². The highest BCUT2D eigenvalue weighted by molar-refractivity contribution is 7.04. The first-order valence-corrected chi connectivity index (χ1v) is 20.9. The molecular weight excluding hydrogens is 651 g/mol. The van der Waals surface area contributed by atoms with E-state index in [2.05, 4.69) is 170 Å². The predicted octanol–water partition coefficient (Wildman–Crippen LogP) is 12.6. The van der Waals surface area contributed by atoms with Crippen molar-refractivity contribution in [2.75, 3.05) is 4.90 Å². The van der Waals surface area contributed by atoms with Gasteiger partial charge < -0.3 is 13.7 Å². The lowest BCUT2D eigenvalue weighted by molar-refractivity contribution is 0.668. The lowest BCUT2D eigenvalue weighted by Crippen LogP contribution is -2.49. The van der Waals surface area contributed by atoms with E-state index in [4.69, 9.17) is 8.83 Å². The van der Waals surface area contributed by atoms with E-state index >= 15 is 0 Å². The van der Waals surface area contributed by atoms with Crippen molar-refractivity contribution < 1.29 is 8.83 Å². The van der Waals surface area contributed by atoms with Crippen molar-refractivity contribution >= 4 is 90.2 Å². The Morgan fingerprint density at radius 1 is 0.423 bits per heavy atom. The maximum absolute atomic E-state index is 6.45. The molecule has 3 heterocycles. The largest absolute Gasteiger partial charge is 0.456 e. The molecule has 0 amide bonds. The third kappa shape index (κ3) is 4.19. The molecule has 0 saturated carbocycles. The Morgan fingerprint density at radius 2 is 1.08 bits per heavy atom. The molecule has 8 aromatic carbocycles. The van der Waals surface area contributed by atoms with E-state index in [0.29, 0.717) is 0 Å². The van der Waals surface area contributed by atoms with Crippen LogP contribution in [0.25, 0.3) is 76.9 Å². The second-order valence-corrected chi connectivity index (χ2v) is 18.8. The topological polar surface area (TPSA) is 29.5 Å². The van der Waals surface area contributed by atoms with Gasteiger partial charge in [0.15, 0.2) is 0 Å². The van der Waals surface area contributed by atoms with E-state index in [-0.39, 0.29) is 0 Å². The van der Waals surface area contributed by atoms with Gasteiger partial charge >= 0.3 is 0 Å². The van der Waals surface area contributed by atoms with Gasteiger partial charge in [-0.3, -0.25) is 0 Å². The van der Waals surface area contributed by atoms with Crippen LogP contribution in [0.5, 0.6) is 0 Å². The van der Waals surface area contributed by atoms with Crippen LogP contribution in [0.1, 0.15) is 0 Å². The minimum absolute atomic E-state index is 0.881. The van der Waals surface area contributed by atoms with Crippen molar-refractivity contribution in [2.45, 2.75) is 13.1 Å². The number of benzene rings is 8. The van der Waals surface area contributed by atoms with Gasteiger partial charge in [-0.25, -0.2) is 0 Å². The average molecular weight is 684 g/mol. The Bertz CT molecular complexity index is 3070. The molecule has 52 heavy (non-hydrogen) atoms. The fourth-order valence-electron chi connectivity index (χ4n) is 8.76. The van der Waals surface area contributed by atoms with Crippen LogP contribution in [0.4, 0.5) is 17.1 Å².